The summed E-state index contributed by atoms with van der Waals surface area (Å²) in [4.78, 5) is 0. The molecule has 2 aromatic carbocycles. The molecule has 0 bridgehead atoms. The molecule has 0 aliphatic rings. The number of anilines is 1. The van der Waals surface area contributed by atoms with Crippen molar-refractivity contribution in [3.8, 4) is 11.5 Å². The quantitative estimate of drug-likeness (QED) is 0.370. The number of ether oxygens (including phenoxy) is 3. The van der Waals surface area contributed by atoms with E-state index in [0.717, 1.165) is 34.3 Å². The normalized spacial score (nSPS) is 12.4. The van der Waals surface area contributed by atoms with Crippen molar-refractivity contribution in [1.82, 2.24) is 0 Å². The first-order valence-electron chi connectivity index (χ1n) is 10.4. The summed E-state index contributed by atoms with van der Waals surface area (Å²) in [6, 6.07) is 9.26. The molecule has 1 atom stereocenters. The molecule has 0 aliphatic carbocycles. The van der Waals surface area contributed by atoms with Gasteiger partial charge in [0.25, 0.3) is 0 Å². The summed E-state index contributed by atoms with van der Waals surface area (Å²) in [6.07, 6.45) is 1.11. The molecule has 0 saturated carbocycles. The van der Waals surface area contributed by atoms with Crippen LogP contribution in [-0.4, -0.2) is 31.7 Å². The number of fused-ring (bicyclic) bond motifs is 1. The number of aliphatic hydroxyl groups is 1. The van der Waals surface area contributed by atoms with Gasteiger partial charge < -0.3 is 29.1 Å². The summed E-state index contributed by atoms with van der Waals surface area (Å²) in [5, 5.41) is 15.0. The summed E-state index contributed by atoms with van der Waals surface area (Å²) in [6.45, 7) is 7.66. The number of benzene rings is 2. The minimum absolute atomic E-state index is 0.280. The molecule has 0 spiro atoms. The highest BCUT2D eigenvalue weighted by Crippen LogP contribution is 2.33. The minimum Gasteiger partial charge on any atom is -0.497 e. The Bertz CT molecular complexity index is 1000. The molecule has 7 heteroatoms. The molecule has 1 aromatic heterocycles. The van der Waals surface area contributed by atoms with Crippen LogP contribution in [0.3, 0.4) is 0 Å². The molecular formula is C24H30ClNO5. The highest BCUT2D eigenvalue weighted by atomic mass is 35.5. The van der Waals surface area contributed by atoms with Gasteiger partial charge in [-0.15, -0.1) is 0 Å². The first-order chi connectivity index (χ1) is 14.9. The fraction of sp³-hybridized carbons (Fsp3) is 0.417. The molecule has 0 amide bonds. The Hall–Kier alpha value is -2.41. The van der Waals surface area contributed by atoms with Gasteiger partial charge in [0.05, 0.1) is 19.1 Å². The van der Waals surface area contributed by atoms with Crippen LogP contribution in [0.5, 0.6) is 11.5 Å². The minimum atomic E-state index is -0.899. The van der Waals surface area contributed by atoms with E-state index in [9.17, 15) is 5.11 Å². The zero-order valence-corrected chi connectivity index (χ0v) is 19.2. The molecule has 6 nitrogen and oxygen atoms in total. The Morgan fingerprint density at radius 3 is 2.68 bits per heavy atom. The van der Waals surface area contributed by atoms with Gasteiger partial charge in [-0.05, 0) is 36.6 Å². The van der Waals surface area contributed by atoms with Gasteiger partial charge in [-0.3, -0.25) is 0 Å². The Labute approximate surface area is 188 Å². The van der Waals surface area contributed by atoms with Gasteiger partial charge in [-0.1, -0.05) is 31.5 Å². The van der Waals surface area contributed by atoms with Gasteiger partial charge in [0, 0.05) is 41.6 Å². The monoisotopic (exact) mass is 447 g/mol. The number of hydrogen-bond donors (Lipinski definition) is 2. The van der Waals surface area contributed by atoms with E-state index in [4.69, 9.17) is 30.2 Å². The number of hydrogen-bond acceptors (Lipinski definition) is 6. The van der Waals surface area contributed by atoms with Gasteiger partial charge in [-0.2, -0.15) is 0 Å². The molecule has 31 heavy (non-hydrogen) atoms. The Kier molecular flexibility index (Phi) is 8.07. The molecule has 3 aromatic rings. The zero-order chi connectivity index (χ0) is 22.4. The van der Waals surface area contributed by atoms with Crippen LogP contribution in [0.4, 0.5) is 5.69 Å². The molecule has 0 radical (unpaired) electrons. The maximum atomic E-state index is 10.1. The van der Waals surface area contributed by atoms with Crippen LogP contribution in [0, 0.1) is 5.92 Å². The van der Waals surface area contributed by atoms with Crippen LogP contribution in [0.25, 0.3) is 11.0 Å². The fourth-order valence-corrected chi connectivity index (χ4v) is 3.49. The van der Waals surface area contributed by atoms with E-state index in [1.807, 2.05) is 31.2 Å². The van der Waals surface area contributed by atoms with E-state index in [0.29, 0.717) is 35.5 Å². The van der Waals surface area contributed by atoms with E-state index in [1.54, 1.807) is 19.4 Å². The maximum absolute atomic E-state index is 10.1. The standard InChI is InChI=1S/C24H30ClNO5/c1-5-29-23(27)8-16-6-7-19(28-4)11-22(16)30-13-17-14-31-24-20(17)9-18(25)10-21(24)26-12-15(2)3/h6-7,9-11,14-15,23,26-27H,5,8,12-13H2,1-4H3. The van der Waals surface area contributed by atoms with Crippen molar-refractivity contribution < 1.29 is 23.7 Å². The number of aliphatic hydroxyl groups excluding tert-OH is 1. The van der Waals surface area contributed by atoms with E-state index in [1.165, 1.54) is 0 Å². The largest absolute Gasteiger partial charge is 0.497 e. The van der Waals surface area contributed by atoms with Crippen LogP contribution < -0.4 is 14.8 Å². The van der Waals surface area contributed by atoms with E-state index < -0.39 is 6.29 Å². The number of halogens is 1. The average Bonchev–Trinajstić information content (AvgIpc) is 3.14. The lowest BCUT2D eigenvalue weighted by atomic mass is 10.1. The summed E-state index contributed by atoms with van der Waals surface area (Å²) >= 11 is 6.36. The first-order valence-corrected chi connectivity index (χ1v) is 10.8. The topological polar surface area (TPSA) is 73.1 Å². The average molecular weight is 448 g/mol. The SMILES string of the molecule is CCOC(O)Cc1ccc(OC)cc1OCc1coc2c(NCC(C)C)cc(Cl)cc12. The second kappa shape index (κ2) is 10.8. The third-order valence-corrected chi connectivity index (χ3v) is 5.05. The van der Waals surface area contributed by atoms with E-state index in [2.05, 4.69) is 19.2 Å². The lowest BCUT2D eigenvalue weighted by Gasteiger charge is -2.16. The van der Waals surface area contributed by atoms with Gasteiger partial charge in [0.2, 0.25) is 0 Å². The second-order valence-corrected chi connectivity index (χ2v) is 8.18. The molecule has 2 N–H and O–H groups in total. The van der Waals surface area contributed by atoms with Gasteiger partial charge in [0.15, 0.2) is 11.9 Å². The molecule has 3 rings (SSSR count). The van der Waals surface area contributed by atoms with Crippen molar-refractivity contribution in [3.63, 3.8) is 0 Å². The Balaban J connectivity index is 1.83. The lowest BCUT2D eigenvalue weighted by molar-refractivity contribution is -0.0930. The summed E-state index contributed by atoms with van der Waals surface area (Å²) in [7, 11) is 1.60. The fourth-order valence-electron chi connectivity index (χ4n) is 3.27. The molecule has 168 valence electrons. The van der Waals surface area contributed by atoms with Crippen LogP contribution in [0.1, 0.15) is 31.9 Å². The molecule has 0 aliphatic heterocycles. The van der Waals surface area contributed by atoms with Crippen LogP contribution in [0.15, 0.2) is 41.0 Å². The van der Waals surface area contributed by atoms with Crippen molar-refractivity contribution in [2.45, 2.75) is 40.1 Å². The molecule has 0 fully saturated rings. The smallest absolute Gasteiger partial charge is 0.158 e. The highest BCUT2D eigenvalue weighted by Gasteiger charge is 2.15. The number of nitrogens with one attached hydrogen (secondary N) is 1. The highest BCUT2D eigenvalue weighted by molar-refractivity contribution is 6.31. The van der Waals surface area contributed by atoms with Gasteiger partial charge in [-0.25, -0.2) is 0 Å². The van der Waals surface area contributed by atoms with Crippen molar-refractivity contribution in [2.75, 3.05) is 25.6 Å². The van der Waals surface area contributed by atoms with Crippen molar-refractivity contribution in [2.24, 2.45) is 5.92 Å². The number of rotatable bonds is 11. The number of furan rings is 1. The van der Waals surface area contributed by atoms with Crippen LogP contribution in [0.2, 0.25) is 5.02 Å². The van der Waals surface area contributed by atoms with Crippen molar-refractivity contribution in [3.05, 3.63) is 52.7 Å². The number of methoxy groups -OCH3 is 1. The lowest BCUT2D eigenvalue weighted by Crippen LogP contribution is -2.15. The molecular weight excluding hydrogens is 418 g/mol. The first kappa shape index (κ1) is 23.3. The summed E-state index contributed by atoms with van der Waals surface area (Å²) < 4.78 is 22.6. The zero-order valence-electron chi connectivity index (χ0n) is 18.4. The predicted molar refractivity (Wildman–Crippen MR) is 123 cm³/mol. The van der Waals surface area contributed by atoms with Crippen LogP contribution >= 0.6 is 11.6 Å². The third-order valence-electron chi connectivity index (χ3n) is 4.83. The third kappa shape index (κ3) is 6.06. The molecule has 1 heterocycles. The summed E-state index contributed by atoms with van der Waals surface area (Å²) in [5.74, 6) is 1.78. The van der Waals surface area contributed by atoms with Crippen LogP contribution in [-0.2, 0) is 17.8 Å². The van der Waals surface area contributed by atoms with Crippen molar-refractivity contribution >= 4 is 28.3 Å². The summed E-state index contributed by atoms with van der Waals surface area (Å²) in [5.41, 5.74) is 3.32. The van der Waals surface area contributed by atoms with Crippen molar-refractivity contribution in [1.29, 1.82) is 0 Å². The van der Waals surface area contributed by atoms with E-state index in [-0.39, 0.29) is 6.61 Å². The second-order valence-electron chi connectivity index (χ2n) is 7.74. The molecule has 0 saturated heterocycles. The maximum Gasteiger partial charge on any atom is 0.158 e. The predicted octanol–water partition coefficient (Wildman–Crippen LogP) is 5.64. The van der Waals surface area contributed by atoms with Gasteiger partial charge >= 0.3 is 0 Å². The van der Waals surface area contributed by atoms with Gasteiger partial charge in [0.1, 0.15) is 18.1 Å². The van der Waals surface area contributed by atoms with E-state index >= 15 is 0 Å². The Morgan fingerprint density at radius 2 is 1.97 bits per heavy atom. The Morgan fingerprint density at radius 1 is 1.16 bits per heavy atom. The molecule has 1 unspecified atom stereocenters.